The lowest BCUT2D eigenvalue weighted by atomic mass is 9.86. The van der Waals surface area contributed by atoms with E-state index in [9.17, 15) is 23.8 Å². The minimum absolute atomic E-state index is 0.0753. The number of aromatic hydroxyl groups is 1. The van der Waals surface area contributed by atoms with E-state index < -0.39 is 18.0 Å². The van der Waals surface area contributed by atoms with E-state index in [0.717, 1.165) is 5.56 Å². The predicted molar refractivity (Wildman–Crippen MR) is 107 cm³/mol. The molecule has 154 valence electrons. The van der Waals surface area contributed by atoms with Gasteiger partial charge in [-0.1, -0.05) is 36.4 Å². The summed E-state index contributed by atoms with van der Waals surface area (Å²) in [5.74, 6) is -0.723. The molecule has 0 radical (unpaired) electrons. The number of β-lactam (4-membered cyclic amide) rings is 1. The SMILES string of the molecule is O=C1CC(c2ccc(O)cc2)N1C(C[C@@H](O)c1ccc(F)cc1)c1ccc(F)cc1. The van der Waals surface area contributed by atoms with Crippen LogP contribution in [0.1, 0.15) is 47.7 Å². The lowest BCUT2D eigenvalue weighted by Gasteiger charge is -2.46. The number of carbonyl (C=O) groups excluding carboxylic acids is 1. The van der Waals surface area contributed by atoms with Gasteiger partial charge in [-0.3, -0.25) is 4.79 Å². The highest BCUT2D eigenvalue weighted by atomic mass is 19.1. The molecule has 3 aromatic rings. The molecule has 2 N–H and O–H groups in total. The number of nitrogens with zero attached hydrogens (tertiary/aromatic N) is 1. The molecule has 1 heterocycles. The molecule has 4 rings (SSSR count). The van der Waals surface area contributed by atoms with Gasteiger partial charge >= 0.3 is 0 Å². The van der Waals surface area contributed by atoms with Crippen LogP contribution in [0.3, 0.4) is 0 Å². The van der Waals surface area contributed by atoms with E-state index in [1.807, 2.05) is 0 Å². The summed E-state index contributed by atoms with van der Waals surface area (Å²) in [7, 11) is 0. The number of hydrogen-bond acceptors (Lipinski definition) is 3. The summed E-state index contributed by atoms with van der Waals surface area (Å²) in [4.78, 5) is 14.3. The highest BCUT2D eigenvalue weighted by molar-refractivity contribution is 5.84. The van der Waals surface area contributed by atoms with Crippen LogP contribution < -0.4 is 0 Å². The van der Waals surface area contributed by atoms with E-state index in [4.69, 9.17) is 0 Å². The van der Waals surface area contributed by atoms with Gasteiger partial charge in [0.1, 0.15) is 17.4 Å². The number of hydrogen-bond donors (Lipinski definition) is 2. The van der Waals surface area contributed by atoms with Gasteiger partial charge in [0.2, 0.25) is 5.91 Å². The molecule has 0 aromatic heterocycles. The summed E-state index contributed by atoms with van der Waals surface area (Å²) in [6.45, 7) is 0. The maximum Gasteiger partial charge on any atom is 0.226 e. The molecule has 3 atom stereocenters. The molecule has 3 aromatic carbocycles. The highest BCUT2D eigenvalue weighted by Crippen LogP contribution is 2.44. The Morgan fingerprint density at radius 2 is 1.40 bits per heavy atom. The van der Waals surface area contributed by atoms with Crippen molar-refractivity contribution in [3.05, 3.63) is 101 Å². The zero-order valence-corrected chi connectivity index (χ0v) is 16.1. The molecule has 1 aliphatic heterocycles. The van der Waals surface area contributed by atoms with Gasteiger partial charge in [0, 0.05) is 6.42 Å². The van der Waals surface area contributed by atoms with Gasteiger partial charge in [-0.2, -0.15) is 0 Å². The first kappa shape index (κ1) is 20.0. The Hall–Kier alpha value is -3.25. The van der Waals surface area contributed by atoms with Crippen molar-refractivity contribution in [3.63, 3.8) is 0 Å². The van der Waals surface area contributed by atoms with Crippen LogP contribution in [0.25, 0.3) is 0 Å². The van der Waals surface area contributed by atoms with Crippen molar-refractivity contribution in [3.8, 4) is 5.75 Å². The van der Waals surface area contributed by atoms with Crippen LogP contribution in [0.15, 0.2) is 72.8 Å². The van der Waals surface area contributed by atoms with E-state index in [1.54, 1.807) is 41.3 Å². The molecular weight excluding hydrogens is 388 g/mol. The summed E-state index contributed by atoms with van der Waals surface area (Å²) >= 11 is 0. The Labute approximate surface area is 173 Å². The van der Waals surface area contributed by atoms with Crippen molar-refractivity contribution in [1.29, 1.82) is 0 Å². The Morgan fingerprint density at radius 3 is 1.93 bits per heavy atom. The molecule has 30 heavy (non-hydrogen) atoms. The molecule has 0 aliphatic carbocycles. The Bertz CT molecular complexity index is 1020. The van der Waals surface area contributed by atoms with Crippen LogP contribution in [-0.4, -0.2) is 21.0 Å². The third kappa shape index (κ3) is 4.04. The topological polar surface area (TPSA) is 60.8 Å². The van der Waals surface area contributed by atoms with Gasteiger partial charge in [0.15, 0.2) is 0 Å². The van der Waals surface area contributed by atoms with E-state index in [2.05, 4.69) is 0 Å². The fourth-order valence-corrected chi connectivity index (χ4v) is 3.92. The smallest absolute Gasteiger partial charge is 0.226 e. The molecule has 6 heteroatoms. The third-order valence-electron chi connectivity index (χ3n) is 5.56. The summed E-state index contributed by atoms with van der Waals surface area (Å²) in [6.07, 6.45) is -0.443. The van der Waals surface area contributed by atoms with Crippen molar-refractivity contribution in [2.45, 2.75) is 31.0 Å². The Kier molecular flexibility index (Phi) is 5.50. The first-order valence-electron chi connectivity index (χ1n) is 9.71. The molecular formula is C24H21F2NO3. The van der Waals surface area contributed by atoms with Crippen molar-refractivity contribution >= 4 is 5.91 Å². The maximum atomic E-state index is 13.5. The predicted octanol–water partition coefficient (Wildman–Crippen LogP) is 4.81. The molecule has 1 amide bonds. The Morgan fingerprint density at radius 1 is 0.867 bits per heavy atom. The van der Waals surface area contributed by atoms with Gasteiger partial charge in [-0.05, 0) is 53.1 Å². The lowest BCUT2D eigenvalue weighted by Crippen LogP contribution is -2.48. The highest BCUT2D eigenvalue weighted by Gasteiger charge is 2.42. The summed E-state index contributed by atoms with van der Waals surface area (Å²) < 4.78 is 26.7. The summed E-state index contributed by atoms with van der Waals surface area (Å²) in [5, 5.41) is 20.3. The fraction of sp³-hybridized carbons (Fsp3) is 0.208. The molecule has 1 aliphatic rings. The van der Waals surface area contributed by atoms with Crippen molar-refractivity contribution in [2.75, 3.05) is 0 Å². The van der Waals surface area contributed by atoms with Gasteiger partial charge in [0.25, 0.3) is 0 Å². The number of benzene rings is 3. The second-order valence-corrected chi connectivity index (χ2v) is 7.48. The summed E-state index contributed by atoms with van der Waals surface area (Å²) in [6, 6.07) is 17.4. The standard InChI is InChI=1S/C24H21F2NO3/c25-18-7-1-15(2-8-18)21(13-23(29)17-3-9-19(26)10-4-17)27-22(14-24(27)30)16-5-11-20(28)12-6-16/h1-12,21-23,28-29H,13-14H2/t21?,22?,23-/m1/s1. The van der Waals surface area contributed by atoms with E-state index in [0.29, 0.717) is 17.5 Å². The maximum absolute atomic E-state index is 13.5. The number of aliphatic hydroxyl groups is 1. The molecule has 0 bridgehead atoms. The zero-order chi connectivity index (χ0) is 21.3. The first-order valence-corrected chi connectivity index (χ1v) is 9.71. The first-order chi connectivity index (χ1) is 14.4. The molecule has 2 unspecified atom stereocenters. The molecule has 1 saturated heterocycles. The zero-order valence-electron chi connectivity index (χ0n) is 16.1. The average Bonchev–Trinajstić information content (AvgIpc) is 2.73. The number of carbonyl (C=O) groups is 1. The van der Waals surface area contributed by atoms with Gasteiger partial charge in [0.05, 0.1) is 24.6 Å². The second-order valence-electron chi connectivity index (χ2n) is 7.48. The van der Waals surface area contributed by atoms with Crippen LogP contribution in [-0.2, 0) is 4.79 Å². The van der Waals surface area contributed by atoms with Crippen LogP contribution in [0.5, 0.6) is 5.75 Å². The summed E-state index contributed by atoms with van der Waals surface area (Å²) in [5.41, 5.74) is 2.11. The van der Waals surface area contributed by atoms with E-state index >= 15 is 0 Å². The number of halogens is 2. The van der Waals surface area contributed by atoms with Crippen LogP contribution in [0, 0.1) is 11.6 Å². The van der Waals surface area contributed by atoms with Crippen LogP contribution in [0.2, 0.25) is 0 Å². The number of likely N-dealkylation sites (tertiary alicyclic amines) is 1. The lowest BCUT2D eigenvalue weighted by molar-refractivity contribution is -0.152. The average molecular weight is 409 g/mol. The van der Waals surface area contributed by atoms with E-state index in [-0.39, 0.29) is 29.9 Å². The quantitative estimate of drug-likeness (QED) is 0.575. The second kappa shape index (κ2) is 8.24. The van der Waals surface area contributed by atoms with Crippen molar-refractivity contribution < 1.29 is 23.8 Å². The van der Waals surface area contributed by atoms with Gasteiger partial charge < -0.3 is 15.1 Å². The molecule has 4 nitrogen and oxygen atoms in total. The fourth-order valence-electron chi connectivity index (χ4n) is 3.92. The number of phenols is 1. The van der Waals surface area contributed by atoms with Gasteiger partial charge in [-0.15, -0.1) is 0 Å². The number of phenolic OH excluding ortho intramolecular Hbond substituents is 1. The molecule has 0 saturated carbocycles. The number of amides is 1. The van der Waals surface area contributed by atoms with Crippen LogP contribution >= 0.6 is 0 Å². The van der Waals surface area contributed by atoms with Crippen molar-refractivity contribution in [1.82, 2.24) is 4.90 Å². The normalized spacial score (nSPS) is 18.0. The number of aliphatic hydroxyl groups excluding tert-OH is 1. The molecule has 0 spiro atoms. The minimum atomic E-state index is -0.936. The number of rotatable bonds is 6. The van der Waals surface area contributed by atoms with E-state index in [1.165, 1.54) is 36.4 Å². The Balaban J connectivity index is 1.65. The van der Waals surface area contributed by atoms with Crippen LogP contribution in [0.4, 0.5) is 8.78 Å². The largest absolute Gasteiger partial charge is 0.508 e. The van der Waals surface area contributed by atoms with Crippen molar-refractivity contribution in [2.24, 2.45) is 0 Å². The monoisotopic (exact) mass is 409 g/mol. The molecule has 1 fully saturated rings. The third-order valence-corrected chi connectivity index (χ3v) is 5.56. The minimum Gasteiger partial charge on any atom is -0.508 e. The van der Waals surface area contributed by atoms with Gasteiger partial charge in [-0.25, -0.2) is 8.78 Å².